The molecule has 0 aliphatic rings. The van der Waals surface area contributed by atoms with E-state index in [0.29, 0.717) is 6.54 Å². The summed E-state index contributed by atoms with van der Waals surface area (Å²) in [5.41, 5.74) is -0.462. The fourth-order valence-corrected chi connectivity index (χ4v) is 1.69. The number of rotatable bonds is 3. The molecule has 0 aromatic heterocycles. The molecular formula is C8H7ClFIN2O2. The summed E-state index contributed by atoms with van der Waals surface area (Å²) < 4.78 is 13.6. The van der Waals surface area contributed by atoms with E-state index in [4.69, 9.17) is 11.6 Å². The Morgan fingerprint density at radius 2 is 2.33 bits per heavy atom. The van der Waals surface area contributed by atoms with E-state index in [1.165, 1.54) is 6.07 Å². The molecular weight excluding hydrogens is 337 g/mol. The molecule has 1 rings (SSSR count). The highest BCUT2D eigenvalue weighted by Gasteiger charge is 2.24. The average molecular weight is 345 g/mol. The van der Waals surface area contributed by atoms with Gasteiger partial charge in [-0.05, 0) is 35.6 Å². The third-order valence-electron chi connectivity index (χ3n) is 1.69. The van der Waals surface area contributed by atoms with E-state index in [2.05, 4.69) is 5.32 Å². The number of nitro groups is 1. The Morgan fingerprint density at radius 1 is 1.73 bits per heavy atom. The van der Waals surface area contributed by atoms with Gasteiger partial charge in [0.1, 0.15) is 5.69 Å². The van der Waals surface area contributed by atoms with Crippen LogP contribution in [0.15, 0.2) is 6.07 Å². The summed E-state index contributed by atoms with van der Waals surface area (Å²) >= 11 is 7.36. The van der Waals surface area contributed by atoms with Gasteiger partial charge in [0, 0.05) is 6.54 Å². The number of hydrogen-bond donors (Lipinski definition) is 1. The molecule has 0 aliphatic carbocycles. The molecule has 0 amide bonds. The van der Waals surface area contributed by atoms with Crippen LogP contribution in [-0.2, 0) is 0 Å². The molecule has 1 aromatic rings. The summed E-state index contributed by atoms with van der Waals surface area (Å²) in [6.07, 6.45) is 0. The highest BCUT2D eigenvalue weighted by Crippen LogP contribution is 2.35. The second kappa shape index (κ2) is 4.93. The van der Waals surface area contributed by atoms with Crippen molar-refractivity contribution >= 4 is 45.6 Å². The molecule has 0 saturated carbocycles. The van der Waals surface area contributed by atoms with Crippen molar-refractivity contribution < 1.29 is 9.31 Å². The molecule has 15 heavy (non-hydrogen) atoms. The quantitative estimate of drug-likeness (QED) is 0.396. The first-order chi connectivity index (χ1) is 6.99. The van der Waals surface area contributed by atoms with Crippen LogP contribution >= 0.6 is 34.2 Å². The van der Waals surface area contributed by atoms with E-state index in [-0.39, 0.29) is 14.3 Å². The molecule has 82 valence electrons. The summed E-state index contributed by atoms with van der Waals surface area (Å²) in [5, 5.41) is 13.5. The Hall–Kier alpha value is -0.630. The maximum absolute atomic E-state index is 13.5. The van der Waals surface area contributed by atoms with Gasteiger partial charge in [-0.2, -0.15) is 4.39 Å². The van der Waals surface area contributed by atoms with Crippen molar-refractivity contribution in [2.45, 2.75) is 6.92 Å². The molecule has 0 radical (unpaired) electrons. The normalized spacial score (nSPS) is 10.1. The standard InChI is InChI=1S/C8H7ClFIN2O2/c1-2-12-5-3-4(9)7(11)6(10)8(5)13(14)15/h3,12H,2H2,1H3. The minimum absolute atomic E-state index is 0.0580. The molecule has 1 N–H and O–H groups in total. The number of hydrogen-bond acceptors (Lipinski definition) is 3. The van der Waals surface area contributed by atoms with Crippen LogP contribution in [0.1, 0.15) is 6.92 Å². The van der Waals surface area contributed by atoms with Crippen LogP contribution in [0.5, 0.6) is 0 Å². The second-order valence-electron chi connectivity index (χ2n) is 2.67. The average Bonchev–Trinajstić information content (AvgIpc) is 2.14. The van der Waals surface area contributed by atoms with Gasteiger partial charge in [-0.3, -0.25) is 10.1 Å². The van der Waals surface area contributed by atoms with E-state index >= 15 is 0 Å². The van der Waals surface area contributed by atoms with E-state index in [9.17, 15) is 14.5 Å². The zero-order valence-electron chi connectivity index (χ0n) is 7.68. The van der Waals surface area contributed by atoms with Crippen LogP contribution in [0, 0.1) is 19.5 Å². The lowest BCUT2D eigenvalue weighted by molar-refractivity contribution is -0.386. The molecule has 0 fully saturated rings. The zero-order chi connectivity index (χ0) is 11.6. The van der Waals surface area contributed by atoms with E-state index in [1.54, 1.807) is 29.5 Å². The van der Waals surface area contributed by atoms with Crippen molar-refractivity contribution in [3.05, 3.63) is 30.6 Å². The maximum Gasteiger partial charge on any atom is 0.328 e. The molecule has 4 nitrogen and oxygen atoms in total. The molecule has 1 aromatic carbocycles. The highest BCUT2D eigenvalue weighted by molar-refractivity contribution is 14.1. The lowest BCUT2D eigenvalue weighted by atomic mass is 10.2. The molecule has 7 heteroatoms. The minimum atomic E-state index is -0.899. The Kier molecular flexibility index (Phi) is 4.09. The van der Waals surface area contributed by atoms with Gasteiger partial charge in [-0.1, -0.05) is 11.6 Å². The van der Waals surface area contributed by atoms with E-state index in [0.717, 1.165) is 0 Å². The Bertz CT molecular complexity index is 414. The molecule has 0 unspecified atom stereocenters. The second-order valence-corrected chi connectivity index (χ2v) is 4.16. The van der Waals surface area contributed by atoms with Gasteiger partial charge in [-0.15, -0.1) is 0 Å². The topological polar surface area (TPSA) is 55.2 Å². The van der Waals surface area contributed by atoms with Gasteiger partial charge in [0.15, 0.2) is 0 Å². The molecule has 0 saturated heterocycles. The first kappa shape index (κ1) is 12.4. The predicted octanol–water partition coefficient (Wildman–Crippen LogP) is 3.42. The van der Waals surface area contributed by atoms with Gasteiger partial charge in [0.05, 0.1) is 13.5 Å². The number of nitro benzene ring substituents is 1. The van der Waals surface area contributed by atoms with Crippen LogP contribution in [0.25, 0.3) is 0 Å². The number of anilines is 1. The van der Waals surface area contributed by atoms with Gasteiger partial charge < -0.3 is 5.32 Å². The lowest BCUT2D eigenvalue weighted by Crippen LogP contribution is -2.04. The summed E-state index contributed by atoms with van der Waals surface area (Å²) in [5.74, 6) is -0.899. The first-order valence-electron chi connectivity index (χ1n) is 4.04. The lowest BCUT2D eigenvalue weighted by Gasteiger charge is -2.07. The van der Waals surface area contributed by atoms with Crippen LogP contribution in [0.2, 0.25) is 5.02 Å². The predicted molar refractivity (Wildman–Crippen MR) is 64.9 cm³/mol. The summed E-state index contributed by atoms with van der Waals surface area (Å²) in [4.78, 5) is 9.90. The van der Waals surface area contributed by atoms with E-state index in [1.807, 2.05) is 0 Å². The van der Waals surface area contributed by atoms with Crippen LogP contribution in [0.4, 0.5) is 15.8 Å². The molecule has 0 atom stereocenters. The fraction of sp³-hybridized carbons (Fsp3) is 0.250. The Morgan fingerprint density at radius 3 is 2.80 bits per heavy atom. The van der Waals surface area contributed by atoms with Crippen molar-refractivity contribution in [2.75, 3.05) is 11.9 Å². The minimum Gasteiger partial charge on any atom is -0.380 e. The number of benzene rings is 1. The van der Waals surface area contributed by atoms with Crippen LogP contribution in [-0.4, -0.2) is 11.5 Å². The van der Waals surface area contributed by atoms with Gasteiger partial charge in [-0.25, -0.2) is 0 Å². The number of nitrogens with zero attached hydrogens (tertiary/aromatic N) is 1. The van der Waals surface area contributed by atoms with Gasteiger partial charge >= 0.3 is 5.69 Å². The molecule has 0 bridgehead atoms. The summed E-state index contributed by atoms with van der Waals surface area (Å²) in [6, 6.07) is 1.36. The Labute approximate surface area is 104 Å². The molecule has 0 spiro atoms. The van der Waals surface area contributed by atoms with Crippen LogP contribution in [0.3, 0.4) is 0 Å². The molecule has 0 heterocycles. The number of nitrogens with one attached hydrogen (secondary N) is 1. The summed E-state index contributed by atoms with van der Waals surface area (Å²) in [6.45, 7) is 2.21. The van der Waals surface area contributed by atoms with Gasteiger partial charge in [0.2, 0.25) is 5.82 Å². The number of halogens is 3. The SMILES string of the molecule is CCNc1cc(Cl)c(I)c(F)c1[N+](=O)[O-]. The zero-order valence-corrected chi connectivity index (χ0v) is 10.6. The third kappa shape index (κ3) is 2.49. The largest absolute Gasteiger partial charge is 0.380 e. The van der Waals surface area contributed by atoms with Crippen molar-refractivity contribution in [1.82, 2.24) is 0 Å². The highest BCUT2D eigenvalue weighted by atomic mass is 127. The first-order valence-corrected chi connectivity index (χ1v) is 5.50. The smallest absolute Gasteiger partial charge is 0.328 e. The van der Waals surface area contributed by atoms with Crippen molar-refractivity contribution in [1.29, 1.82) is 0 Å². The van der Waals surface area contributed by atoms with Crippen LogP contribution < -0.4 is 5.32 Å². The fourth-order valence-electron chi connectivity index (χ4n) is 1.09. The monoisotopic (exact) mass is 344 g/mol. The molecule has 0 aliphatic heterocycles. The third-order valence-corrected chi connectivity index (χ3v) is 3.36. The van der Waals surface area contributed by atoms with E-state index < -0.39 is 16.4 Å². The van der Waals surface area contributed by atoms with Gasteiger partial charge in [0.25, 0.3) is 0 Å². The van der Waals surface area contributed by atoms with Crippen molar-refractivity contribution in [2.24, 2.45) is 0 Å². The van der Waals surface area contributed by atoms with Crippen molar-refractivity contribution in [3.8, 4) is 0 Å². The van der Waals surface area contributed by atoms with Crippen molar-refractivity contribution in [3.63, 3.8) is 0 Å². The maximum atomic E-state index is 13.5. The Balaban J connectivity index is 3.43. The summed E-state index contributed by atoms with van der Waals surface area (Å²) in [7, 11) is 0.